The van der Waals surface area contributed by atoms with Crippen molar-refractivity contribution in [1.82, 2.24) is 0 Å². The van der Waals surface area contributed by atoms with Crippen molar-refractivity contribution in [1.29, 1.82) is 0 Å². The number of carbonyl (C=O) groups is 2. The van der Waals surface area contributed by atoms with Crippen LogP contribution in [0.15, 0.2) is 36.4 Å². The second-order valence-corrected chi connectivity index (χ2v) is 4.18. The van der Waals surface area contributed by atoms with Gasteiger partial charge >= 0.3 is 0 Å². The van der Waals surface area contributed by atoms with Crippen LogP contribution in [0.2, 0.25) is 0 Å². The number of fused-ring (bicyclic) bond motifs is 1. The number of hydrogen-bond acceptors (Lipinski definition) is 4. The lowest BCUT2D eigenvalue weighted by atomic mass is 10.1. The maximum atomic E-state index is 11.7. The van der Waals surface area contributed by atoms with Crippen LogP contribution in [0, 0.1) is 0 Å². The molecule has 1 aromatic carbocycles. The van der Waals surface area contributed by atoms with E-state index in [1.807, 2.05) is 13.0 Å². The molecule has 0 atom stereocenters. The second-order valence-electron chi connectivity index (χ2n) is 4.18. The van der Waals surface area contributed by atoms with Crippen LogP contribution in [0.4, 0.5) is 5.69 Å². The quantitative estimate of drug-likeness (QED) is 0.520. The van der Waals surface area contributed by atoms with E-state index in [0.717, 1.165) is 0 Å². The molecular formula is C15H15NO4. The summed E-state index contributed by atoms with van der Waals surface area (Å²) >= 11 is 0. The van der Waals surface area contributed by atoms with Crippen LogP contribution in [-0.2, 0) is 4.79 Å². The minimum absolute atomic E-state index is 0.116. The first kappa shape index (κ1) is 13.9. The molecule has 0 saturated carbocycles. The molecule has 0 bridgehead atoms. The molecule has 0 radical (unpaired) electrons. The Labute approximate surface area is 116 Å². The maximum absolute atomic E-state index is 11.7. The lowest BCUT2D eigenvalue weighted by Crippen LogP contribution is -2.11. The van der Waals surface area contributed by atoms with E-state index in [2.05, 4.69) is 5.32 Å². The predicted molar refractivity (Wildman–Crippen MR) is 75.2 cm³/mol. The molecule has 0 spiro atoms. The summed E-state index contributed by atoms with van der Waals surface area (Å²) in [6.07, 6.45) is 6.56. The Morgan fingerprint density at radius 3 is 2.55 bits per heavy atom. The zero-order valence-electron chi connectivity index (χ0n) is 11.3. The third kappa shape index (κ3) is 3.06. The van der Waals surface area contributed by atoms with E-state index in [9.17, 15) is 9.59 Å². The van der Waals surface area contributed by atoms with E-state index in [-0.39, 0.29) is 18.5 Å². The maximum Gasteiger partial charge on any atom is 0.248 e. The zero-order chi connectivity index (χ0) is 14.5. The second kappa shape index (κ2) is 6.06. The fourth-order valence-electron chi connectivity index (χ4n) is 1.77. The van der Waals surface area contributed by atoms with Crippen LogP contribution in [-0.4, -0.2) is 18.5 Å². The van der Waals surface area contributed by atoms with Crippen molar-refractivity contribution in [3.63, 3.8) is 0 Å². The van der Waals surface area contributed by atoms with E-state index >= 15 is 0 Å². The molecule has 0 fully saturated rings. The van der Waals surface area contributed by atoms with E-state index < -0.39 is 0 Å². The number of carbonyl (C=O) groups excluding carboxylic acids is 2. The number of rotatable bonds is 4. The van der Waals surface area contributed by atoms with Crippen molar-refractivity contribution < 1.29 is 19.1 Å². The molecule has 0 aliphatic carbocycles. The first-order chi connectivity index (χ1) is 9.61. The topological polar surface area (TPSA) is 64.6 Å². The standard InChI is InChI=1S/C15H15NO4/c1-3-4-5-6-15(18)16-12-8-14-13(19-9-20-14)7-11(12)10(2)17/h3-8H,9H2,1-2H3,(H,16,18)/b4-3+,6-5+. The SMILES string of the molecule is C/C=C/C=C/C(=O)Nc1cc2c(cc1C(C)=O)OCO2. The van der Waals surface area contributed by atoms with Gasteiger partial charge in [0, 0.05) is 17.7 Å². The van der Waals surface area contributed by atoms with Crippen molar-refractivity contribution in [3.05, 3.63) is 42.0 Å². The third-order valence-corrected chi connectivity index (χ3v) is 2.70. The highest BCUT2D eigenvalue weighted by atomic mass is 16.7. The highest BCUT2D eigenvalue weighted by Gasteiger charge is 2.19. The third-order valence-electron chi connectivity index (χ3n) is 2.70. The molecule has 0 unspecified atom stereocenters. The van der Waals surface area contributed by atoms with Gasteiger partial charge in [0.25, 0.3) is 0 Å². The number of ether oxygens (including phenoxy) is 2. The first-order valence-corrected chi connectivity index (χ1v) is 6.16. The van der Waals surface area contributed by atoms with Crippen molar-refractivity contribution in [2.45, 2.75) is 13.8 Å². The van der Waals surface area contributed by atoms with Crippen LogP contribution in [0.5, 0.6) is 11.5 Å². The van der Waals surface area contributed by atoms with Gasteiger partial charge in [-0.1, -0.05) is 18.2 Å². The molecule has 0 saturated heterocycles. The average molecular weight is 273 g/mol. The lowest BCUT2D eigenvalue weighted by Gasteiger charge is -2.09. The molecule has 1 N–H and O–H groups in total. The van der Waals surface area contributed by atoms with Crippen LogP contribution in [0.1, 0.15) is 24.2 Å². The number of amides is 1. The molecule has 1 amide bonds. The summed E-state index contributed by atoms with van der Waals surface area (Å²) in [4.78, 5) is 23.4. The van der Waals surface area contributed by atoms with Crippen LogP contribution < -0.4 is 14.8 Å². The molecule has 5 heteroatoms. The highest BCUT2D eigenvalue weighted by molar-refractivity contribution is 6.07. The minimum Gasteiger partial charge on any atom is -0.454 e. The number of ketones is 1. The number of allylic oxidation sites excluding steroid dienone is 3. The van der Waals surface area contributed by atoms with E-state index in [1.165, 1.54) is 13.0 Å². The van der Waals surface area contributed by atoms with Gasteiger partial charge in [0.1, 0.15) is 0 Å². The van der Waals surface area contributed by atoms with Crippen molar-refractivity contribution in [3.8, 4) is 11.5 Å². The highest BCUT2D eigenvalue weighted by Crippen LogP contribution is 2.37. The largest absolute Gasteiger partial charge is 0.454 e. The van der Waals surface area contributed by atoms with Crippen molar-refractivity contribution >= 4 is 17.4 Å². The predicted octanol–water partition coefficient (Wildman–Crippen LogP) is 2.69. The fourth-order valence-corrected chi connectivity index (χ4v) is 1.77. The van der Waals surface area contributed by atoms with E-state index in [0.29, 0.717) is 22.7 Å². The van der Waals surface area contributed by atoms with Gasteiger partial charge in [0.2, 0.25) is 12.7 Å². The monoisotopic (exact) mass is 273 g/mol. The number of Topliss-reactive ketones (excluding diaryl/α,β-unsaturated/α-hetero) is 1. The van der Waals surface area contributed by atoms with Gasteiger partial charge in [-0.2, -0.15) is 0 Å². The Morgan fingerprint density at radius 2 is 1.90 bits per heavy atom. The van der Waals surface area contributed by atoms with Crippen LogP contribution in [0.25, 0.3) is 0 Å². The number of benzene rings is 1. The normalized spacial score (nSPS) is 13.1. The minimum atomic E-state index is -0.315. The van der Waals surface area contributed by atoms with Crippen LogP contribution in [0.3, 0.4) is 0 Å². The Morgan fingerprint density at radius 1 is 1.20 bits per heavy atom. The lowest BCUT2D eigenvalue weighted by molar-refractivity contribution is -0.111. The molecule has 104 valence electrons. The molecule has 1 aromatic rings. The van der Waals surface area contributed by atoms with Gasteiger partial charge in [-0.15, -0.1) is 0 Å². The zero-order valence-corrected chi connectivity index (χ0v) is 11.3. The summed E-state index contributed by atoms with van der Waals surface area (Å²) < 4.78 is 10.5. The molecule has 1 aliphatic heterocycles. The molecular weight excluding hydrogens is 258 g/mol. The summed E-state index contributed by atoms with van der Waals surface area (Å²) in [5.74, 6) is 0.556. The van der Waals surface area contributed by atoms with Gasteiger partial charge in [-0.3, -0.25) is 9.59 Å². The van der Waals surface area contributed by atoms with E-state index in [4.69, 9.17) is 9.47 Å². The van der Waals surface area contributed by atoms with Crippen molar-refractivity contribution in [2.75, 3.05) is 12.1 Å². The Hall–Kier alpha value is -2.56. The molecule has 1 heterocycles. The first-order valence-electron chi connectivity index (χ1n) is 6.16. The average Bonchev–Trinajstić information content (AvgIpc) is 2.85. The Balaban J connectivity index is 2.26. The summed E-state index contributed by atoms with van der Waals surface area (Å²) in [5, 5.41) is 2.66. The molecule has 20 heavy (non-hydrogen) atoms. The summed E-state index contributed by atoms with van der Waals surface area (Å²) in [6, 6.07) is 3.18. The number of hydrogen-bond donors (Lipinski definition) is 1. The van der Waals surface area contributed by atoms with Crippen molar-refractivity contribution in [2.24, 2.45) is 0 Å². The summed E-state index contributed by atoms with van der Waals surface area (Å²) in [6.45, 7) is 3.40. The number of anilines is 1. The molecule has 2 rings (SSSR count). The Kier molecular flexibility index (Phi) is 4.20. The summed E-state index contributed by atoms with van der Waals surface area (Å²) in [5.41, 5.74) is 0.805. The Bertz CT molecular complexity index is 602. The van der Waals surface area contributed by atoms with Gasteiger partial charge in [-0.25, -0.2) is 0 Å². The van der Waals surface area contributed by atoms with Crippen LogP contribution >= 0.6 is 0 Å². The number of nitrogens with one attached hydrogen (secondary N) is 1. The molecule has 0 aromatic heterocycles. The summed E-state index contributed by atoms with van der Waals surface area (Å²) in [7, 11) is 0. The van der Waals surface area contributed by atoms with E-state index in [1.54, 1.807) is 24.3 Å². The fraction of sp³-hybridized carbons (Fsp3) is 0.200. The van der Waals surface area contributed by atoms with Gasteiger partial charge in [0.15, 0.2) is 17.3 Å². The smallest absolute Gasteiger partial charge is 0.248 e. The van der Waals surface area contributed by atoms with Gasteiger partial charge in [0.05, 0.1) is 5.69 Å². The molecule has 1 aliphatic rings. The van der Waals surface area contributed by atoms with Gasteiger partial charge < -0.3 is 14.8 Å². The van der Waals surface area contributed by atoms with Gasteiger partial charge in [-0.05, 0) is 19.9 Å². The molecule has 5 nitrogen and oxygen atoms in total.